The van der Waals surface area contributed by atoms with Gasteiger partial charge in [0, 0.05) is 24.9 Å². The van der Waals surface area contributed by atoms with Gasteiger partial charge in [-0.15, -0.1) is 11.3 Å². The Morgan fingerprint density at radius 2 is 2.12 bits per heavy atom. The van der Waals surface area contributed by atoms with Crippen molar-refractivity contribution in [3.05, 3.63) is 47.3 Å². The molecule has 4 rings (SSSR count). The van der Waals surface area contributed by atoms with Crippen molar-refractivity contribution in [2.24, 2.45) is 7.05 Å². The van der Waals surface area contributed by atoms with Crippen LogP contribution < -0.4 is 10.6 Å². The molecular weight excluding hydrogens is 352 g/mol. The van der Waals surface area contributed by atoms with Crippen molar-refractivity contribution in [1.29, 1.82) is 0 Å². The lowest BCUT2D eigenvalue weighted by atomic mass is 10.3. The third-order valence-electron chi connectivity index (χ3n) is 4.09. The molecule has 8 heteroatoms. The highest BCUT2D eigenvalue weighted by molar-refractivity contribution is 7.18. The molecule has 0 saturated heterocycles. The van der Waals surface area contributed by atoms with E-state index in [4.69, 9.17) is 4.42 Å². The van der Waals surface area contributed by atoms with E-state index in [9.17, 15) is 9.59 Å². The Morgan fingerprint density at radius 3 is 2.92 bits per heavy atom. The van der Waals surface area contributed by atoms with Gasteiger partial charge in [-0.25, -0.2) is 4.98 Å². The molecule has 132 valence electrons. The SMILES string of the molecule is Cc1nc2ccc(NC(=O)CNC(=O)c3cc4occc4n3C)cc2s1. The van der Waals surface area contributed by atoms with Gasteiger partial charge in [-0.1, -0.05) is 0 Å². The van der Waals surface area contributed by atoms with E-state index >= 15 is 0 Å². The van der Waals surface area contributed by atoms with E-state index in [0.717, 1.165) is 20.7 Å². The molecule has 0 spiro atoms. The maximum Gasteiger partial charge on any atom is 0.268 e. The molecule has 3 heterocycles. The van der Waals surface area contributed by atoms with Gasteiger partial charge in [0.1, 0.15) is 5.69 Å². The maximum atomic E-state index is 12.3. The number of fused-ring (bicyclic) bond motifs is 2. The van der Waals surface area contributed by atoms with Crippen molar-refractivity contribution in [2.75, 3.05) is 11.9 Å². The maximum absolute atomic E-state index is 12.3. The number of benzene rings is 1. The van der Waals surface area contributed by atoms with Crippen LogP contribution in [0.25, 0.3) is 21.3 Å². The monoisotopic (exact) mass is 368 g/mol. The number of furan rings is 1. The van der Waals surface area contributed by atoms with Gasteiger partial charge < -0.3 is 19.6 Å². The summed E-state index contributed by atoms with van der Waals surface area (Å²) >= 11 is 1.57. The lowest BCUT2D eigenvalue weighted by Crippen LogP contribution is -2.33. The molecule has 0 radical (unpaired) electrons. The predicted octanol–water partition coefficient (Wildman–Crippen LogP) is 3.06. The van der Waals surface area contributed by atoms with E-state index in [-0.39, 0.29) is 18.4 Å². The molecule has 0 bridgehead atoms. The molecule has 0 aliphatic rings. The van der Waals surface area contributed by atoms with E-state index in [1.54, 1.807) is 47.4 Å². The van der Waals surface area contributed by atoms with Crippen molar-refractivity contribution in [3.63, 3.8) is 0 Å². The number of carbonyl (C=O) groups excluding carboxylic acids is 2. The summed E-state index contributed by atoms with van der Waals surface area (Å²) in [6.07, 6.45) is 1.57. The number of aryl methyl sites for hydroxylation is 2. The highest BCUT2D eigenvalue weighted by atomic mass is 32.1. The molecule has 0 aliphatic heterocycles. The second-order valence-corrected chi connectivity index (χ2v) is 7.14. The van der Waals surface area contributed by atoms with Crippen molar-refractivity contribution < 1.29 is 14.0 Å². The molecule has 0 aliphatic carbocycles. The number of hydrogen-bond donors (Lipinski definition) is 2. The number of aromatic nitrogens is 2. The number of nitrogens with zero attached hydrogens (tertiary/aromatic N) is 2. The fraction of sp³-hybridized carbons (Fsp3) is 0.167. The molecule has 0 fully saturated rings. The summed E-state index contributed by atoms with van der Waals surface area (Å²) in [6, 6.07) is 8.99. The first-order chi connectivity index (χ1) is 12.5. The molecular formula is C18H16N4O3S. The fourth-order valence-corrected chi connectivity index (χ4v) is 3.71. The summed E-state index contributed by atoms with van der Waals surface area (Å²) in [6.45, 7) is 1.82. The van der Waals surface area contributed by atoms with Crippen LogP contribution >= 0.6 is 11.3 Å². The highest BCUT2D eigenvalue weighted by Crippen LogP contribution is 2.24. The van der Waals surface area contributed by atoms with Gasteiger partial charge in [0.2, 0.25) is 5.91 Å². The van der Waals surface area contributed by atoms with Gasteiger partial charge in [0.05, 0.1) is 33.5 Å². The Morgan fingerprint density at radius 1 is 1.27 bits per heavy atom. The lowest BCUT2D eigenvalue weighted by molar-refractivity contribution is -0.115. The summed E-state index contributed by atoms with van der Waals surface area (Å²) in [5.74, 6) is -0.626. The molecule has 2 amide bonds. The van der Waals surface area contributed by atoms with Crippen molar-refractivity contribution in [1.82, 2.24) is 14.9 Å². The number of anilines is 1. The van der Waals surface area contributed by atoms with Gasteiger partial charge >= 0.3 is 0 Å². The third-order valence-corrected chi connectivity index (χ3v) is 5.02. The number of thiazole rings is 1. The van der Waals surface area contributed by atoms with Crippen LogP contribution in [0.4, 0.5) is 5.69 Å². The van der Waals surface area contributed by atoms with Crippen LogP contribution in [0.3, 0.4) is 0 Å². The van der Waals surface area contributed by atoms with Crippen LogP contribution in [-0.4, -0.2) is 27.9 Å². The number of rotatable bonds is 4. The van der Waals surface area contributed by atoms with Crippen LogP contribution in [0.15, 0.2) is 41.0 Å². The molecule has 0 unspecified atom stereocenters. The van der Waals surface area contributed by atoms with Crippen molar-refractivity contribution in [2.45, 2.75) is 6.92 Å². The second-order valence-electron chi connectivity index (χ2n) is 5.90. The van der Waals surface area contributed by atoms with Crippen LogP contribution in [0.5, 0.6) is 0 Å². The number of amides is 2. The Kier molecular flexibility index (Phi) is 3.96. The zero-order valence-electron chi connectivity index (χ0n) is 14.2. The van der Waals surface area contributed by atoms with Gasteiger partial charge in [-0.2, -0.15) is 0 Å². The van der Waals surface area contributed by atoms with Gasteiger partial charge in [-0.05, 0) is 25.1 Å². The quantitative estimate of drug-likeness (QED) is 0.579. The second kappa shape index (κ2) is 6.30. The summed E-state index contributed by atoms with van der Waals surface area (Å²) in [5, 5.41) is 6.39. The predicted molar refractivity (Wildman–Crippen MR) is 101 cm³/mol. The molecule has 2 N–H and O–H groups in total. The van der Waals surface area contributed by atoms with E-state index < -0.39 is 0 Å². The van der Waals surface area contributed by atoms with Crippen molar-refractivity contribution >= 4 is 50.2 Å². The first kappa shape index (κ1) is 16.3. The summed E-state index contributed by atoms with van der Waals surface area (Å²) in [7, 11) is 1.78. The molecule has 3 aromatic heterocycles. The molecule has 0 saturated carbocycles. The van der Waals surface area contributed by atoms with Crippen LogP contribution in [0.1, 0.15) is 15.5 Å². The Bertz CT molecular complexity index is 1140. The molecule has 26 heavy (non-hydrogen) atoms. The average molecular weight is 368 g/mol. The van der Waals surface area contributed by atoms with E-state index in [0.29, 0.717) is 17.0 Å². The largest absolute Gasteiger partial charge is 0.463 e. The number of nitrogens with one attached hydrogen (secondary N) is 2. The van der Waals surface area contributed by atoms with Crippen molar-refractivity contribution in [3.8, 4) is 0 Å². The Balaban J connectivity index is 1.40. The van der Waals surface area contributed by atoms with Crippen LogP contribution in [0, 0.1) is 6.92 Å². The minimum Gasteiger partial charge on any atom is -0.463 e. The molecule has 4 aromatic rings. The minimum absolute atomic E-state index is 0.120. The average Bonchev–Trinajstić information content (AvgIpc) is 3.28. The topological polar surface area (TPSA) is 89.2 Å². The molecule has 1 aromatic carbocycles. The first-order valence-electron chi connectivity index (χ1n) is 7.99. The molecule has 7 nitrogen and oxygen atoms in total. The lowest BCUT2D eigenvalue weighted by Gasteiger charge is -2.07. The summed E-state index contributed by atoms with van der Waals surface area (Å²) in [4.78, 5) is 28.8. The zero-order valence-corrected chi connectivity index (χ0v) is 15.0. The zero-order chi connectivity index (χ0) is 18.3. The van der Waals surface area contributed by atoms with Gasteiger partial charge in [0.15, 0.2) is 5.58 Å². The van der Waals surface area contributed by atoms with Crippen LogP contribution in [-0.2, 0) is 11.8 Å². The normalized spacial score (nSPS) is 11.2. The minimum atomic E-state index is -0.331. The Hall–Kier alpha value is -3.13. The first-order valence-corrected chi connectivity index (χ1v) is 8.81. The fourth-order valence-electron chi connectivity index (χ4n) is 2.84. The number of hydrogen-bond acceptors (Lipinski definition) is 5. The van der Waals surface area contributed by atoms with E-state index in [1.165, 1.54) is 0 Å². The smallest absolute Gasteiger partial charge is 0.268 e. The standard InChI is InChI=1S/C18H16N4O3S/c1-10-20-12-4-3-11(7-16(12)26-10)21-17(23)9-19-18(24)14-8-15-13(22(14)2)5-6-25-15/h3-8H,9H2,1-2H3,(H,19,24)(H,21,23). The summed E-state index contributed by atoms with van der Waals surface area (Å²) < 4.78 is 8.02. The Labute approximate surface area is 152 Å². The van der Waals surface area contributed by atoms with Crippen LogP contribution in [0.2, 0.25) is 0 Å². The van der Waals surface area contributed by atoms with E-state index in [1.807, 2.05) is 19.1 Å². The number of carbonyl (C=O) groups is 2. The van der Waals surface area contributed by atoms with Gasteiger partial charge in [0.25, 0.3) is 5.91 Å². The summed E-state index contributed by atoms with van der Waals surface area (Å²) in [5.41, 5.74) is 3.49. The van der Waals surface area contributed by atoms with E-state index in [2.05, 4.69) is 15.6 Å². The molecule has 0 atom stereocenters. The third kappa shape index (κ3) is 2.95. The van der Waals surface area contributed by atoms with Gasteiger partial charge in [-0.3, -0.25) is 9.59 Å². The highest BCUT2D eigenvalue weighted by Gasteiger charge is 2.16.